The van der Waals surface area contributed by atoms with Gasteiger partial charge in [0.2, 0.25) is 0 Å². The Hall–Kier alpha value is -8.98. The molecule has 12 aromatic carbocycles. The van der Waals surface area contributed by atoms with Gasteiger partial charge in [-0.3, -0.25) is 0 Å². The maximum absolute atomic E-state index is 6.47. The lowest BCUT2D eigenvalue weighted by atomic mass is 9.70. The monoisotopic (exact) mass is 875 g/mol. The summed E-state index contributed by atoms with van der Waals surface area (Å²) in [6, 6.07) is 92.3. The average molecular weight is 876 g/mol. The fraction of sp³-hybridized carbons (Fsp3) is 0.0149. The molecule has 0 saturated heterocycles. The van der Waals surface area contributed by atoms with Gasteiger partial charge in [-0.05, 0) is 136 Å². The van der Waals surface area contributed by atoms with Crippen LogP contribution >= 0.6 is 0 Å². The van der Waals surface area contributed by atoms with Crippen molar-refractivity contribution in [2.75, 3.05) is 4.90 Å². The summed E-state index contributed by atoms with van der Waals surface area (Å²) in [6.07, 6.45) is 0. The number of anilines is 3. The van der Waals surface area contributed by atoms with Crippen molar-refractivity contribution in [3.8, 4) is 44.5 Å². The van der Waals surface area contributed by atoms with E-state index >= 15 is 0 Å². The molecule has 69 heavy (non-hydrogen) atoms. The SMILES string of the molecule is c1ccc(-c2ccccc2N(c2ccc3c4ccccc4c4ccccc4c3c2)c2cc3c(cc2-c2ccc4oc5ccccc5c4c2)-c2ccccc2C32c3ccccc3-c3ccccc32)cc1. The van der Waals surface area contributed by atoms with E-state index in [2.05, 4.69) is 254 Å². The Balaban J connectivity index is 1.11. The fourth-order valence-corrected chi connectivity index (χ4v) is 12.4. The van der Waals surface area contributed by atoms with Crippen LogP contribution in [0, 0.1) is 0 Å². The van der Waals surface area contributed by atoms with Crippen molar-refractivity contribution >= 4 is 71.3 Å². The van der Waals surface area contributed by atoms with Crippen LogP contribution < -0.4 is 4.90 Å². The molecule has 320 valence electrons. The fourth-order valence-electron chi connectivity index (χ4n) is 12.4. The van der Waals surface area contributed by atoms with Gasteiger partial charge in [0.05, 0.1) is 16.8 Å². The zero-order valence-corrected chi connectivity index (χ0v) is 37.5. The summed E-state index contributed by atoms with van der Waals surface area (Å²) in [4.78, 5) is 2.56. The Labute approximate surface area is 399 Å². The van der Waals surface area contributed by atoms with Crippen LogP contribution in [0.25, 0.3) is 98.8 Å². The molecule has 0 aliphatic heterocycles. The largest absolute Gasteiger partial charge is 0.456 e. The number of hydrogen-bond donors (Lipinski definition) is 0. The van der Waals surface area contributed by atoms with Crippen molar-refractivity contribution in [2.45, 2.75) is 5.41 Å². The molecule has 13 aromatic rings. The zero-order chi connectivity index (χ0) is 45.2. The maximum atomic E-state index is 6.47. The van der Waals surface area contributed by atoms with Gasteiger partial charge in [-0.2, -0.15) is 0 Å². The molecule has 1 aromatic heterocycles. The number of benzene rings is 12. The number of fused-ring (bicyclic) bond motifs is 19. The Morgan fingerprint density at radius 3 is 1.43 bits per heavy atom. The van der Waals surface area contributed by atoms with Gasteiger partial charge in [0.1, 0.15) is 11.2 Å². The minimum absolute atomic E-state index is 0.541. The third-order valence-corrected chi connectivity index (χ3v) is 15.3. The summed E-state index contributed by atoms with van der Waals surface area (Å²) in [6.45, 7) is 0. The molecule has 0 atom stereocenters. The highest BCUT2D eigenvalue weighted by Crippen LogP contribution is 2.64. The number of furan rings is 1. The smallest absolute Gasteiger partial charge is 0.135 e. The van der Waals surface area contributed by atoms with Gasteiger partial charge < -0.3 is 9.32 Å². The molecule has 15 rings (SSSR count). The number of para-hydroxylation sites is 2. The highest BCUT2D eigenvalue weighted by Gasteiger charge is 2.52. The molecule has 2 aliphatic carbocycles. The summed E-state index contributed by atoms with van der Waals surface area (Å²) >= 11 is 0. The second kappa shape index (κ2) is 14.5. The topological polar surface area (TPSA) is 16.4 Å². The van der Waals surface area contributed by atoms with Gasteiger partial charge >= 0.3 is 0 Å². The number of hydrogen-bond acceptors (Lipinski definition) is 2. The number of rotatable bonds is 5. The molecule has 0 fully saturated rings. The second-order valence-corrected chi connectivity index (χ2v) is 18.7. The molecule has 0 unspecified atom stereocenters. The van der Waals surface area contributed by atoms with E-state index in [-0.39, 0.29) is 0 Å². The van der Waals surface area contributed by atoms with Crippen molar-refractivity contribution in [3.63, 3.8) is 0 Å². The van der Waals surface area contributed by atoms with Crippen molar-refractivity contribution < 1.29 is 4.42 Å². The quantitative estimate of drug-likeness (QED) is 0.160. The van der Waals surface area contributed by atoms with E-state index in [1.54, 1.807) is 0 Å². The molecule has 2 heteroatoms. The third kappa shape index (κ3) is 5.31. The lowest BCUT2D eigenvalue weighted by Crippen LogP contribution is -2.26. The van der Waals surface area contributed by atoms with Gasteiger partial charge in [0, 0.05) is 27.6 Å². The molecule has 0 amide bonds. The van der Waals surface area contributed by atoms with E-state index in [1.165, 1.54) is 76.8 Å². The van der Waals surface area contributed by atoms with Crippen molar-refractivity contribution in [3.05, 3.63) is 271 Å². The first-order valence-electron chi connectivity index (χ1n) is 23.9. The molecule has 0 N–H and O–H groups in total. The zero-order valence-electron chi connectivity index (χ0n) is 37.5. The van der Waals surface area contributed by atoms with Crippen molar-refractivity contribution in [2.24, 2.45) is 0 Å². The first-order chi connectivity index (χ1) is 34.2. The van der Waals surface area contributed by atoms with E-state index in [0.717, 1.165) is 61.3 Å². The minimum Gasteiger partial charge on any atom is -0.456 e. The second-order valence-electron chi connectivity index (χ2n) is 18.7. The molecule has 0 radical (unpaired) electrons. The predicted octanol–water partition coefficient (Wildman–Crippen LogP) is 18.2. The van der Waals surface area contributed by atoms with E-state index in [0.29, 0.717) is 0 Å². The van der Waals surface area contributed by atoms with E-state index in [9.17, 15) is 0 Å². The lowest BCUT2D eigenvalue weighted by Gasteiger charge is -2.34. The van der Waals surface area contributed by atoms with E-state index in [4.69, 9.17) is 4.42 Å². The van der Waals surface area contributed by atoms with Gasteiger partial charge in [-0.1, -0.05) is 200 Å². The molecular formula is C67H41NO. The Bertz CT molecular complexity index is 4190. The summed E-state index contributed by atoms with van der Waals surface area (Å²) in [5.41, 5.74) is 19.4. The van der Waals surface area contributed by atoms with Crippen LogP contribution in [0.5, 0.6) is 0 Å². The van der Waals surface area contributed by atoms with Gasteiger partial charge in [0.15, 0.2) is 0 Å². The highest BCUT2D eigenvalue weighted by atomic mass is 16.3. The third-order valence-electron chi connectivity index (χ3n) is 15.3. The van der Waals surface area contributed by atoms with Gasteiger partial charge in [-0.15, -0.1) is 0 Å². The average Bonchev–Trinajstić information content (AvgIpc) is 4.05. The number of nitrogens with zero attached hydrogens (tertiary/aromatic N) is 1. The standard InChI is InChI=1S/C67H41NO/c1-2-18-42(19-3-1)45-20-11-16-32-63(45)68(44-35-36-50-48-23-5-4-21-46(48)47-22-6-7-24-49(47)56(50)39-44)64-41-62-57(40-55(64)43-34-37-66-58(38-43)54-28-12-17-33-65(54)69-66)53-27-10-15-31-61(53)67(62)59-29-13-8-25-51(59)52-26-9-14-30-60(52)67/h1-41H. The first-order valence-corrected chi connectivity index (χ1v) is 23.9. The molecular weight excluding hydrogens is 835 g/mol. The van der Waals surface area contributed by atoms with Crippen LogP contribution in [0.2, 0.25) is 0 Å². The van der Waals surface area contributed by atoms with Gasteiger partial charge in [-0.25, -0.2) is 0 Å². The van der Waals surface area contributed by atoms with Crippen molar-refractivity contribution in [1.82, 2.24) is 0 Å². The molecule has 1 spiro atoms. The highest BCUT2D eigenvalue weighted by molar-refractivity contribution is 6.26. The Morgan fingerprint density at radius 1 is 0.261 bits per heavy atom. The van der Waals surface area contributed by atoms with Crippen LogP contribution in [0.15, 0.2) is 253 Å². The molecule has 1 heterocycles. The van der Waals surface area contributed by atoms with Crippen LogP contribution in [-0.2, 0) is 5.41 Å². The molecule has 2 aliphatic rings. The maximum Gasteiger partial charge on any atom is 0.135 e. The van der Waals surface area contributed by atoms with Crippen LogP contribution in [-0.4, -0.2) is 0 Å². The van der Waals surface area contributed by atoms with E-state index in [1.807, 2.05) is 0 Å². The Morgan fingerprint density at radius 2 is 0.768 bits per heavy atom. The summed E-state index contributed by atoms with van der Waals surface area (Å²) in [7, 11) is 0. The van der Waals surface area contributed by atoms with Gasteiger partial charge in [0.25, 0.3) is 0 Å². The van der Waals surface area contributed by atoms with Crippen LogP contribution in [0.4, 0.5) is 17.1 Å². The van der Waals surface area contributed by atoms with Crippen molar-refractivity contribution in [1.29, 1.82) is 0 Å². The van der Waals surface area contributed by atoms with Crippen LogP contribution in [0.3, 0.4) is 0 Å². The summed E-state index contributed by atoms with van der Waals surface area (Å²) < 4.78 is 6.47. The summed E-state index contributed by atoms with van der Waals surface area (Å²) in [5.74, 6) is 0. The minimum atomic E-state index is -0.541. The first kappa shape index (κ1) is 38.2. The Kier molecular flexibility index (Phi) is 8.02. The summed E-state index contributed by atoms with van der Waals surface area (Å²) in [5, 5.41) is 9.70. The normalized spacial score (nSPS) is 13.0. The lowest BCUT2D eigenvalue weighted by molar-refractivity contribution is 0.669. The van der Waals surface area contributed by atoms with Crippen LogP contribution in [0.1, 0.15) is 22.3 Å². The predicted molar refractivity (Wildman–Crippen MR) is 288 cm³/mol. The molecule has 0 saturated carbocycles. The molecule has 0 bridgehead atoms. The van der Waals surface area contributed by atoms with E-state index < -0.39 is 5.41 Å². The molecule has 2 nitrogen and oxygen atoms in total.